The molecule has 0 aliphatic carbocycles. The van der Waals surface area contributed by atoms with Gasteiger partial charge in [0.05, 0.1) is 12.3 Å². The Kier molecular flexibility index (Phi) is 5.88. The summed E-state index contributed by atoms with van der Waals surface area (Å²) in [5, 5.41) is 3.53. The molecule has 1 N–H and O–H groups in total. The molecule has 0 spiro atoms. The predicted octanol–water partition coefficient (Wildman–Crippen LogP) is 4.32. The number of nitrogens with one attached hydrogen (secondary N) is 1. The molecule has 0 saturated carbocycles. The molecular formula is C15H25NO. The monoisotopic (exact) mass is 235 g/mol. The maximum absolute atomic E-state index is 5.60. The zero-order chi connectivity index (χ0) is 12.7. The Morgan fingerprint density at radius 2 is 1.82 bits per heavy atom. The van der Waals surface area contributed by atoms with Crippen molar-refractivity contribution in [1.29, 1.82) is 0 Å². The molecule has 0 amide bonds. The molecule has 17 heavy (non-hydrogen) atoms. The number of hydrogen-bond acceptors (Lipinski definition) is 2. The molecular weight excluding hydrogens is 210 g/mol. The number of ether oxygens (including phenoxy) is 1. The van der Waals surface area contributed by atoms with Gasteiger partial charge in [-0.25, -0.2) is 0 Å². The Morgan fingerprint density at radius 3 is 2.47 bits per heavy atom. The van der Waals surface area contributed by atoms with Crippen molar-refractivity contribution >= 4 is 5.69 Å². The molecule has 1 atom stereocenters. The molecule has 0 saturated heterocycles. The molecule has 1 aromatic carbocycles. The molecule has 1 rings (SSSR count). The summed E-state index contributed by atoms with van der Waals surface area (Å²) in [6.45, 7) is 9.48. The van der Waals surface area contributed by atoms with Crippen LogP contribution in [0.4, 0.5) is 5.69 Å². The lowest BCUT2D eigenvalue weighted by Gasteiger charge is -2.18. The van der Waals surface area contributed by atoms with Crippen LogP contribution in [0.15, 0.2) is 24.3 Å². The molecule has 0 fully saturated rings. The quantitative estimate of drug-likeness (QED) is 0.760. The first kappa shape index (κ1) is 13.9. The molecule has 0 aliphatic rings. The van der Waals surface area contributed by atoms with Gasteiger partial charge in [-0.05, 0) is 44.7 Å². The predicted molar refractivity (Wildman–Crippen MR) is 74.8 cm³/mol. The SMILES string of the molecule is CCOc1ccccc1NC(C)CCC(C)C. The Hall–Kier alpha value is -1.18. The van der Waals surface area contributed by atoms with Gasteiger partial charge < -0.3 is 10.1 Å². The van der Waals surface area contributed by atoms with Gasteiger partial charge in [0.2, 0.25) is 0 Å². The number of para-hydroxylation sites is 2. The fourth-order valence-corrected chi connectivity index (χ4v) is 1.79. The van der Waals surface area contributed by atoms with Crippen molar-refractivity contribution in [2.45, 2.75) is 46.6 Å². The molecule has 0 radical (unpaired) electrons. The van der Waals surface area contributed by atoms with Crippen LogP contribution in [-0.4, -0.2) is 12.6 Å². The number of anilines is 1. The summed E-state index contributed by atoms with van der Waals surface area (Å²) in [7, 11) is 0. The third kappa shape index (κ3) is 5.12. The highest BCUT2D eigenvalue weighted by molar-refractivity contribution is 5.56. The van der Waals surface area contributed by atoms with Crippen LogP contribution >= 0.6 is 0 Å². The fourth-order valence-electron chi connectivity index (χ4n) is 1.79. The second kappa shape index (κ2) is 7.21. The highest BCUT2D eigenvalue weighted by Crippen LogP contribution is 2.25. The minimum Gasteiger partial charge on any atom is -0.492 e. The van der Waals surface area contributed by atoms with Crippen LogP contribution in [0.5, 0.6) is 5.75 Å². The minimum absolute atomic E-state index is 0.485. The van der Waals surface area contributed by atoms with E-state index >= 15 is 0 Å². The number of hydrogen-bond donors (Lipinski definition) is 1. The Bertz CT molecular complexity index is 322. The van der Waals surface area contributed by atoms with Crippen molar-refractivity contribution < 1.29 is 4.74 Å². The van der Waals surface area contributed by atoms with Crippen LogP contribution < -0.4 is 10.1 Å². The molecule has 96 valence electrons. The maximum atomic E-state index is 5.60. The van der Waals surface area contributed by atoms with Crippen LogP contribution in [-0.2, 0) is 0 Å². The van der Waals surface area contributed by atoms with Gasteiger partial charge in [0.25, 0.3) is 0 Å². The summed E-state index contributed by atoms with van der Waals surface area (Å²) in [5.74, 6) is 1.72. The maximum Gasteiger partial charge on any atom is 0.142 e. The van der Waals surface area contributed by atoms with E-state index in [9.17, 15) is 0 Å². The molecule has 2 nitrogen and oxygen atoms in total. The van der Waals surface area contributed by atoms with Crippen molar-refractivity contribution in [2.24, 2.45) is 5.92 Å². The molecule has 0 aromatic heterocycles. The van der Waals surface area contributed by atoms with E-state index < -0.39 is 0 Å². The third-order valence-corrected chi connectivity index (χ3v) is 2.77. The van der Waals surface area contributed by atoms with E-state index in [1.54, 1.807) is 0 Å². The fraction of sp³-hybridized carbons (Fsp3) is 0.600. The summed E-state index contributed by atoms with van der Waals surface area (Å²) in [5.41, 5.74) is 1.10. The highest BCUT2D eigenvalue weighted by atomic mass is 16.5. The second-order valence-corrected chi connectivity index (χ2v) is 4.95. The first-order valence-corrected chi connectivity index (χ1v) is 6.61. The van der Waals surface area contributed by atoms with Crippen molar-refractivity contribution in [3.8, 4) is 5.75 Å². The molecule has 2 heteroatoms. The van der Waals surface area contributed by atoms with E-state index in [2.05, 4.69) is 32.2 Å². The topological polar surface area (TPSA) is 21.3 Å². The lowest BCUT2D eigenvalue weighted by atomic mass is 10.0. The average molecular weight is 235 g/mol. The van der Waals surface area contributed by atoms with Gasteiger partial charge in [-0.15, -0.1) is 0 Å². The van der Waals surface area contributed by atoms with Crippen molar-refractivity contribution in [2.75, 3.05) is 11.9 Å². The number of benzene rings is 1. The summed E-state index contributed by atoms with van der Waals surface area (Å²) in [6, 6.07) is 8.63. The van der Waals surface area contributed by atoms with Gasteiger partial charge in [-0.3, -0.25) is 0 Å². The van der Waals surface area contributed by atoms with Gasteiger partial charge in [0, 0.05) is 6.04 Å². The standard InChI is InChI=1S/C15H25NO/c1-5-17-15-9-7-6-8-14(15)16-13(4)11-10-12(2)3/h6-9,12-13,16H,5,10-11H2,1-4H3. The normalized spacial score (nSPS) is 12.5. The molecule has 1 unspecified atom stereocenters. The Morgan fingerprint density at radius 1 is 1.12 bits per heavy atom. The van der Waals surface area contributed by atoms with Gasteiger partial charge in [0.1, 0.15) is 5.75 Å². The number of rotatable bonds is 7. The smallest absolute Gasteiger partial charge is 0.142 e. The van der Waals surface area contributed by atoms with Crippen molar-refractivity contribution in [3.63, 3.8) is 0 Å². The first-order valence-electron chi connectivity index (χ1n) is 6.61. The summed E-state index contributed by atoms with van der Waals surface area (Å²) in [4.78, 5) is 0. The summed E-state index contributed by atoms with van der Waals surface area (Å²) in [6.07, 6.45) is 2.45. The van der Waals surface area contributed by atoms with E-state index in [-0.39, 0.29) is 0 Å². The highest BCUT2D eigenvalue weighted by Gasteiger charge is 2.07. The summed E-state index contributed by atoms with van der Waals surface area (Å²) < 4.78 is 5.60. The van der Waals surface area contributed by atoms with Crippen LogP contribution in [0.1, 0.15) is 40.5 Å². The van der Waals surface area contributed by atoms with Crippen molar-refractivity contribution in [3.05, 3.63) is 24.3 Å². The van der Waals surface area contributed by atoms with Crippen LogP contribution in [0.3, 0.4) is 0 Å². The van der Waals surface area contributed by atoms with Gasteiger partial charge in [0.15, 0.2) is 0 Å². The van der Waals surface area contributed by atoms with E-state index in [1.165, 1.54) is 12.8 Å². The lowest BCUT2D eigenvalue weighted by molar-refractivity contribution is 0.341. The van der Waals surface area contributed by atoms with Crippen LogP contribution in [0.25, 0.3) is 0 Å². The summed E-state index contributed by atoms with van der Waals surface area (Å²) >= 11 is 0. The van der Waals surface area contributed by atoms with E-state index in [0.29, 0.717) is 12.6 Å². The van der Waals surface area contributed by atoms with Gasteiger partial charge in [-0.2, -0.15) is 0 Å². The van der Waals surface area contributed by atoms with Crippen LogP contribution in [0.2, 0.25) is 0 Å². The zero-order valence-corrected chi connectivity index (χ0v) is 11.5. The largest absolute Gasteiger partial charge is 0.492 e. The minimum atomic E-state index is 0.485. The molecule has 0 aliphatic heterocycles. The molecule has 1 aromatic rings. The first-order chi connectivity index (χ1) is 8.13. The van der Waals surface area contributed by atoms with Gasteiger partial charge >= 0.3 is 0 Å². The molecule has 0 heterocycles. The van der Waals surface area contributed by atoms with E-state index in [0.717, 1.165) is 17.4 Å². The second-order valence-electron chi connectivity index (χ2n) is 4.95. The van der Waals surface area contributed by atoms with Crippen LogP contribution in [0, 0.1) is 5.92 Å². The molecule has 0 bridgehead atoms. The Balaban J connectivity index is 2.54. The third-order valence-electron chi connectivity index (χ3n) is 2.77. The van der Waals surface area contributed by atoms with E-state index in [4.69, 9.17) is 4.74 Å². The zero-order valence-electron chi connectivity index (χ0n) is 11.5. The van der Waals surface area contributed by atoms with E-state index in [1.807, 2.05) is 25.1 Å². The Labute approximate surface area is 105 Å². The van der Waals surface area contributed by atoms with Gasteiger partial charge in [-0.1, -0.05) is 26.0 Å². The lowest BCUT2D eigenvalue weighted by Crippen LogP contribution is -2.16. The van der Waals surface area contributed by atoms with Crippen molar-refractivity contribution in [1.82, 2.24) is 0 Å². The average Bonchev–Trinajstić information content (AvgIpc) is 2.29.